The first-order valence-electron chi connectivity index (χ1n) is 5.94. The summed E-state index contributed by atoms with van der Waals surface area (Å²) in [6.07, 6.45) is 2.91. The lowest BCUT2D eigenvalue weighted by Crippen LogP contribution is -2.02. The van der Waals surface area contributed by atoms with E-state index in [2.05, 4.69) is 47.8 Å². The van der Waals surface area contributed by atoms with Gasteiger partial charge in [-0.05, 0) is 50.6 Å². The molecule has 0 bridgehead atoms. The van der Waals surface area contributed by atoms with E-state index in [0.29, 0.717) is 6.54 Å². The molecule has 0 aliphatic carbocycles. The number of imidazole rings is 1. The van der Waals surface area contributed by atoms with E-state index < -0.39 is 0 Å². The zero-order valence-corrected chi connectivity index (χ0v) is 10.7. The number of aromatic nitrogens is 2. The Balaban J connectivity index is 2.41. The fourth-order valence-electron chi connectivity index (χ4n) is 1.94. The first kappa shape index (κ1) is 11.9. The van der Waals surface area contributed by atoms with Crippen molar-refractivity contribution in [1.82, 2.24) is 9.55 Å². The number of nitrogens with two attached hydrogens (primary N) is 1. The Morgan fingerprint density at radius 1 is 1.18 bits per heavy atom. The maximum atomic E-state index is 5.55. The first-order chi connectivity index (χ1) is 8.11. The smallest absolute Gasteiger partial charge is 0.110 e. The van der Waals surface area contributed by atoms with Crippen LogP contribution in [0.1, 0.15) is 22.6 Å². The van der Waals surface area contributed by atoms with E-state index in [1.165, 1.54) is 16.8 Å². The number of benzene rings is 1. The number of hydrogen-bond acceptors (Lipinski definition) is 2. The third-order valence-electron chi connectivity index (χ3n) is 3.10. The Labute approximate surface area is 102 Å². The average molecular weight is 229 g/mol. The van der Waals surface area contributed by atoms with Gasteiger partial charge < -0.3 is 10.3 Å². The second kappa shape index (κ2) is 4.72. The van der Waals surface area contributed by atoms with Gasteiger partial charge in [0.05, 0.1) is 5.69 Å². The monoisotopic (exact) mass is 229 g/mol. The highest BCUT2D eigenvalue weighted by molar-refractivity contribution is 5.40. The lowest BCUT2D eigenvalue weighted by atomic mass is 10.1. The van der Waals surface area contributed by atoms with Gasteiger partial charge in [-0.1, -0.05) is 6.07 Å². The highest BCUT2D eigenvalue weighted by atomic mass is 15.1. The second-order valence-corrected chi connectivity index (χ2v) is 4.46. The van der Waals surface area contributed by atoms with Crippen molar-refractivity contribution < 1.29 is 0 Å². The van der Waals surface area contributed by atoms with Crippen LogP contribution in [0.4, 0.5) is 0 Å². The van der Waals surface area contributed by atoms with Gasteiger partial charge in [-0.2, -0.15) is 0 Å². The zero-order valence-electron chi connectivity index (χ0n) is 10.7. The van der Waals surface area contributed by atoms with Gasteiger partial charge in [-0.25, -0.2) is 4.98 Å². The Kier molecular flexibility index (Phi) is 3.29. The molecule has 2 rings (SSSR count). The van der Waals surface area contributed by atoms with Crippen molar-refractivity contribution in [3.8, 4) is 5.69 Å². The van der Waals surface area contributed by atoms with Gasteiger partial charge in [0, 0.05) is 18.3 Å². The first-order valence-corrected chi connectivity index (χ1v) is 5.94. The van der Waals surface area contributed by atoms with Crippen LogP contribution in [-0.4, -0.2) is 16.1 Å². The summed E-state index contributed by atoms with van der Waals surface area (Å²) in [5.41, 5.74) is 10.4. The molecule has 1 aromatic heterocycles. The van der Waals surface area contributed by atoms with Crippen LogP contribution < -0.4 is 5.73 Å². The van der Waals surface area contributed by atoms with Gasteiger partial charge in [0.25, 0.3) is 0 Å². The molecule has 90 valence electrons. The Hall–Kier alpha value is -1.61. The molecule has 0 radical (unpaired) electrons. The molecule has 0 aliphatic heterocycles. The van der Waals surface area contributed by atoms with Gasteiger partial charge in [-0.3, -0.25) is 0 Å². The predicted molar refractivity (Wildman–Crippen MR) is 70.5 cm³/mol. The molecule has 1 heterocycles. The van der Waals surface area contributed by atoms with Crippen molar-refractivity contribution in [2.45, 2.75) is 27.2 Å². The summed E-state index contributed by atoms with van der Waals surface area (Å²) in [4.78, 5) is 4.51. The van der Waals surface area contributed by atoms with Crippen LogP contribution in [0.15, 0.2) is 24.4 Å². The van der Waals surface area contributed by atoms with E-state index in [1.807, 2.05) is 6.92 Å². The molecule has 0 saturated heterocycles. The van der Waals surface area contributed by atoms with E-state index in [4.69, 9.17) is 5.73 Å². The molecular weight excluding hydrogens is 210 g/mol. The third-order valence-corrected chi connectivity index (χ3v) is 3.10. The molecule has 0 spiro atoms. The molecule has 0 saturated carbocycles. The number of nitrogens with zero attached hydrogens (tertiary/aromatic N) is 2. The number of aryl methyl sites for hydroxylation is 3. The van der Waals surface area contributed by atoms with Crippen molar-refractivity contribution in [3.63, 3.8) is 0 Å². The third kappa shape index (κ3) is 2.39. The van der Waals surface area contributed by atoms with E-state index >= 15 is 0 Å². The van der Waals surface area contributed by atoms with E-state index in [0.717, 1.165) is 17.9 Å². The molecule has 0 amide bonds. The standard InChI is InChI=1S/C14H19N3/c1-10-4-5-14(8-11(10)2)17-9-13(6-7-15)16-12(17)3/h4-5,8-9H,6-7,15H2,1-3H3. The highest BCUT2D eigenvalue weighted by Gasteiger charge is 2.06. The minimum Gasteiger partial charge on any atom is -0.330 e. The van der Waals surface area contributed by atoms with Gasteiger partial charge in [0.15, 0.2) is 0 Å². The number of rotatable bonds is 3. The van der Waals surface area contributed by atoms with Crippen molar-refractivity contribution in [1.29, 1.82) is 0 Å². The molecule has 0 aliphatic rings. The summed E-state index contributed by atoms with van der Waals surface area (Å²) in [6.45, 7) is 6.92. The largest absolute Gasteiger partial charge is 0.330 e. The van der Waals surface area contributed by atoms with Crippen LogP contribution in [0.25, 0.3) is 5.69 Å². The van der Waals surface area contributed by atoms with E-state index in [-0.39, 0.29) is 0 Å². The maximum Gasteiger partial charge on any atom is 0.110 e. The SMILES string of the molecule is Cc1ccc(-n2cc(CCN)nc2C)cc1C. The van der Waals surface area contributed by atoms with Gasteiger partial charge in [0.1, 0.15) is 5.82 Å². The van der Waals surface area contributed by atoms with Crippen LogP contribution in [0, 0.1) is 20.8 Å². The van der Waals surface area contributed by atoms with Crippen molar-refractivity contribution in [3.05, 3.63) is 47.0 Å². The van der Waals surface area contributed by atoms with Crippen molar-refractivity contribution >= 4 is 0 Å². The molecule has 3 nitrogen and oxygen atoms in total. The summed E-state index contributed by atoms with van der Waals surface area (Å²) in [7, 11) is 0. The van der Waals surface area contributed by atoms with Crippen LogP contribution in [-0.2, 0) is 6.42 Å². The Morgan fingerprint density at radius 2 is 1.94 bits per heavy atom. The highest BCUT2D eigenvalue weighted by Crippen LogP contribution is 2.16. The van der Waals surface area contributed by atoms with Gasteiger partial charge in [0.2, 0.25) is 0 Å². The van der Waals surface area contributed by atoms with Crippen LogP contribution in [0.2, 0.25) is 0 Å². The molecule has 3 heteroatoms. The second-order valence-electron chi connectivity index (χ2n) is 4.46. The quantitative estimate of drug-likeness (QED) is 0.877. The fourth-order valence-corrected chi connectivity index (χ4v) is 1.94. The minimum absolute atomic E-state index is 0.642. The van der Waals surface area contributed by atoms with Crippen molar-refractivity contribution in [2.75, 3.05) is 6.54 Å². The van der Waals surface area contributed by atoms with Crippen LogP contribution in [0.3, 0.4) is 0 Å². The minimum atomic E-state index is 0.642. The number of hydrogen-bond donors (Lipinski definition) is 1. The van der Waals surface area contributed by atoms with Gasteiger partial charge in [-0.15, -0.1) is 0 Å². The van der Waals surface area contributed by atoms with E-state index in [9.17, 15) is 0 Å². The topological polar surface area (TPSA) is 43.8 Å². The fraction of sp³-hybridized carbons (Fsp3) is 0.357. The average Bonchev–Trinajstić information content (AvgIpc) is 2.64. The molecule has 2 N–H and O–H groups in total. The summed E-state index contributed by atoms with van der Waals surface area (Å²) < 4.78 is 2.12. The lowest BCUT2D eigenvalue weighted by molar-refractivity contribution is 0.928. The summed E-state index contributed by atoms with van der Waals surface area (Å²) in [5, 5.41) is 0. The summed E-state index contributed by atoms with van der Waals surface area (Å²) in [5.74, 6) is 1.01. The molecule has 1 aromatic carbocycles. The maximum absolute atomic E-state index is 5.55. The van der Waals surface area contributed by atoms with Crippen LogP contribution >= 0.6 is 0 Å². The van der Waals surface area contributed by atoms with Crippen LogP contribution in [0.5, 0.6) is 0 Å². The van der Waals surface area contributed by atoms with Gasteiger partial charge >= 0.3 is 0 Å². The summed E-state index contributed by atoms with van der Waals surface area (Å²) >= 11 is 0. The molecule has 17 heavy (non-hydrogen) atoms. The zero-order chi connectivity index (χ0) is 12.4. The molecular formula is C14H19N3. The van der Waals surface area contributed by atoms with Crippen molar-refractivity contribution in [2.24, 2.45) is 5.73 Å². The summed E-state index contributed by atoms with van der Waals surface area (Å²) in [6, 6.07) is 6.46. The van der Waals surface area contributed by atoms with E-state index in [1.54, 1.807) is 0 Å². The Morgan fingerprint density at radius 3 is 2.59 bits per heavy atom. The molecule has 0 unspecified atom stereocenters. The Bertz CT molecular complexity index is 526. The molecule has 0 fully saturated rings. The predicted octanol–water partition coefficient (Wildman–Crippen LogP) is 2.30. The molecule has 2 aromatic rings. The normalized spacial score (nSPS) is 10.8. The lowest BCUT2D eigenvalue weighted by Gasteiger charge is -2.07. The molecule has 0 atom stereocenters.